The summed E-state index contributed by atoms with van der Waals surface area (Å²) >= 11 is 0. The second-order valence-electron chi connectivity index (χ2n) is 7.54. The summed E-state index contributed by atoms with van der Waals surface area (Å²) in [5.74, 6) is 0. The number of hydrogen-bond acceptors (Lipinski definition) is 2. The Balaban J connectivity index is 1.72. The predicted octanol–water partition coefficient (Wildman–Crippen LogP) is 4.98. The van der Waals surface area contributed by atoms with Crippen LogP contribution in [0.4, 0.5) is 0 Å². The minimum atomic E-state index is -1.05. The molecule has 1 heterocycles. The molecule has 2 N–H and O–H groups in total. The lowest BCUT2D eigenvalue weighted by Gasteiger charge is -2.36. The SMILES string of the molecule is OC(c1ccc2ccccc2c1)(c1ccc2ccccc2c1)[C@@H]1CCCN1. The smallest absolute Gasteiger partial charge is 0.130 e. The summed E-state index contributed by atoms with van der Waals surface area (Å²) in [6.07, 6.45) is 2.06. The molecular weight excluding hydrogens is 330 g/mol. The van der Waals surface area contributed by atoms with Gasteiger partial charge in [0.2, 0.25) is 0 Å². The average molecular weight is 353 g/mol. The first-order valence-corrected chi connectivity index (χ1v) is 9.69. The zero-order chi connectivity index (χ0) is 18.3. The minimum absolute atomic E-state index is 0.0137. The molecule has 4 aromatic rings. The van der Waals surface area contributed by atoms with Crippen LogP contribution in [0.2, 0.25) is 0 Å². The molecule has 134 valence electrons. The number of rotatable bonds is 3. The zero-order valence-electron chi connectivity index (χ0n) is 15.2. The Morgan fingerprint density at radius 1 is 0.704 bits per heavy atom. The number of hydrogen-bond donors (Lipinski definition) is 2. The van der Waals surface area contributed by atoms with Crippen LogP contribution in [-0.2, 0) is 5.60 Å². The maximum absolute atomic E-state index is 12.1. The molecule has 2 nitrogen and oxygen atoms in total. The van der Waals surface area contributed by atoms with E-state index in [9.17, 15) is 5.11 Å². The second-order valence-corrected chi connectivity index (χ2v) is 7.54. The van der Waals surface area contributed by atoms with E-state index in [1.165, 1.54) is 10.8 Å². The van der Waals surface area contributed by atoms with Gasteiger partial charge in [0.05, 0.1) is 0 Å². The van der Waals surface area contributed by atoms with Crippen molar-refractivity contribution in [3.8, 4) is 0 Å². The lowest BCUT2D eigenvalue weighted by atomic mass is 9.78. The second kappa shape index (κ2) is 6.49. The van der Waals surface area contributed by atoms with Crippen LogP contribution in [0.3, 0.4) is 0 Å². The van der Waals surface area contributed by atoms with Gasteiger partial charge in [-0.25, -0.2) is 0 Å². The van der Waals surface area contributed by atoms with Gasteiger partial charge in [-0.1, -0.05) is 72.8 Å². The summed E-state index contributed by atoms with van der Waals surface area (Å²) < 4.78 is 0. The fourth-order valence-electron chi connectivity index (χ4n) is 4.46. The van der Waals surface area contributed by atoms with Gasteiger partial charge in [-0.2, -0.15) is 0 Å². The summed E-state index contributed by atoms with van der Waals surface area (Å²) in [6, 6.07) is 29.4. The van der Waals surface area contributed by atoms with Crippen molar-refractivity contribution in [1.29, 1.82) is 0 Å². The maximum atomic E-state index is 12.1. The molecular formula is C25H23NO. The van der Waals surface area contributed by atoms with Crippen molar-refractivity contribution in [2.24, 2.45) is 0 Å². The summed E-state index contributed by atoms with van der Waals surface area (Å²) in [5, 5.41) is 20.4. The Hall–Kier alpha value is -2.68. The van der Waals surface area contributed by atoms with Crippen molar-refractivity contribution < 1.29 is 5.11 Å². The van der Waals surface area contributed by atoms with Crippen molar-refractivity contribution in [3.63, 3.8) is 0 Å². The Kier molecular flexibility index (Phi) is 3.96. The zero-order valence-corrected chi connectivity index (χ0v) is 15.2. The van der Waals surface area contributed by atoms with Crippen LogP contribution in [0.15, 0.2) is 84.9 Å². The molecule has 1 aliphatic heterocycles. The van der Waals surface area contributed by atoms with Crippen LogP contribution in [0.5, 0.6) is 0 Å². The van der Waals surface area contributed by atoms with E-state index < -0.39 is 5.60 Å². The first kappa shape index (κ1) is 16.5. The van der Waals surface area contributed by atoms with Gasteiger partial charge in [0.15, 0.2) is 0 Å². The summed E-state index contributed by atoms with van der Waals surface area (Å²) in [7, 11) is 0. The van der Waals surface area contributed by atoms with E-state index in [-0.39, 0.29) is 6.04 Å². The molecule has 1 fully saturated rings. The van der Waals surface area contributed by atoms with Crippen LogP contribution in [0.1, 0.15) is 24.0 Å². The molecule has 0 spiro atoms. The molecule has 2 heteroatoms. The van der Waals surface area contributed by atoms with Gasteiger partial charge >= 0.3 is 0 Å². The lowest BCUT2D eigenvalue weighted by molar-refractivity contribution is 0.0445. The van der Waals surface area contributed by atoms with Crippen LogP contribution < -0.4 is 5.32 Å². The van der Waals surface area contributed by atoms with E-state index in [2.05, 4.69) is 90.2 Å². The molecule has 27 heavy (non-hydrogen) atoms. The van der Waals surface area contributed by atoms with E-state index in [0.717, 1.165) is 41.3 Å². The van der Waals surface area contributed by atoms with Crippen molar-refractivity contribution in [1.82, 2.24) is 5.32 Å². The van der Waals surface area contributed by atoms with E-state index in [4.69, 9.17) is 0 Å². The molecule has 0 radical (unpaired) electrons. The van der Waals surface area contributed by atoms with Gasteiger partial charge in [-0.15, -0.1) is 0 Å². The highest BCUT2D eigenvalue weighted by Gasteiger charge is 2.41. The van der Waals surface area contributed by atoms with Gasteiger partial charge in [-0.05, 0) is 64.2 Å². The quantitative estimate of drug-likeness (QED) is 0.544. The fraction of sp³-hybridized carbons (Fsp3) is 0.200. The first-order valence-electron chi connectivity index (χ1n) is 9.69. The van der Waals surface area contributed by atoms with Gasteiger partial charge in [-0.3, -0.25) is 0 Å². The summed E-state index contributed by atoms with van der Waals surface area (Å²) in [6.45, 7) is 0.953. The standard InChI is InChI=1S/C25H23NO/c27-25(24-10-5-15-26-24,22-13-11-18-6-1-3-8-20(18)16-22)23-14-12-19-7-2-4-9-21(19)17-23/h1-4,6-9,11-14,16-17,24,26-27H,5,10,15H2/t24-/m0/s1. The molecule has 0 aromatic heterocycles. The average Bonchev–Trinajstić information content (AvgIpc) is 3.28. The highest BCUT2D eigenvalue weighted by atomic mass is 16.3. The van der Waals surface area contributed by atoms with Crippen LogP contribution >= 0.6 is 0 Å². The Morgan fingerprint density at radius 2 is 1.22 bits per heavy atom. The van der Waals surface area contributed by atoms with Crippen molar-refractivity contribution >= 4 is 21.5 Å². The number of aliphatic hydroxyl groups is 1. The minimum Gasteiger partial charge on any atom is -0.379 e. The first-order chi connectivity index (χ1) is 13.2. The Labute approximate surface area is 159 Å². The number of nitrogens with one attached hydrogen (secondary N) is 1. The molecule has 0 saturated carbocycles. The topological polar surface area (TPSA) is 32.3 Å². The summed E-state index contributed by atoms with van der Waals surface area (Å²) in [5.41, 5.74) is 0.858. The van der Waals surface area contributed by atoms with Crippen LogP contribution in [0, 0.1) is 0 Å². The van der Waals surface area contributed by atoms with E-state index in [1.807, 2.05) is 0 Å². The van der Waals surface area contributed by atoms with Gasteiger partial charge in [0, 0.05) is 6.04 Å². The third-order valence-electron chi connectivity index (χ3n) is 5.94. The molecule has 0 amide bonds. The highest BCUT2D eigenvalue weighted by molar-refractivity contribution is 5.85. The van der Waals surface area contributed by atoms with Crippen molar-refractivity contribution in [2.75, 3.05) is 6.54 Å². The third-order valence-corrected chi connectivity index (χ3v) is 5.94. The molecule has 0 bridgehead atoms. The highest BCUT2D eigenvalue weighted by Crippen LogP contribution is 2.38. The molecule has 0 aliphatic carbocycles. The molecule has 1 saturated heterocycles. The van der Waals surface area contributed by atoms with E-state index in [0.29, 0.717) is 0 Å². The predicted molar refractivity (Wildman–Crippen MR) is 112 cm³/mol. The van der Waals surface area contributed by atoms with Crippen molar-refractivity contribution in [2.45, 2.75) is 24.5 Å². The van der Waals surface area contributed by atoms with Crippen LogP contribution in [0.25, 0.3) is 21.5 Å². The van der Waals surface area contributed by atoms with E-state index in [1.54, 1.807) is 0 Å². The lowest BCUT2D eigenvalue weighted by Crippen LogP contribution is -2.46. The fourth-order valence-corrected chi connectivity index (χ4v) is 4.46. The molecule has 0 unspecified atom stereocenters. The largest absolute Gasteiger partial charge is 0.379 e. The molecule has 1 atom stereocenters. The normalized spacial score (nSPS) is 17.6. The third kappa shape index (κ3) is 2.73. The maximum Gasteiger partial charge on any atom is 0.130 e. The Bertz CT molecular complexity index is 1030. The van der Waals surface area contributed by atoms with Crippen molar-refractivity contribution in [3.05, 3.63) is 96.1 Å². The van der Waals surface area contributed by atoms with Gasteiger partial charge < -0.3 is 10.4 Å². The molecule has 4 aromatic carbocycles. The number of fused-ring (bicyclic) bond motifs is 2. The van der Waals surface area contributed by atoms with Gasteiger partial charge in [0.1, 0.15) is 5.60 Å². The molecule has 1 aliphatic rings. The van der Waals surface area contributed by atoms with Gasteiger partial charge in [0.25, 0.3) is 0 Å². The van der Waals surface area contributed by atoms with E-state index >= 15 is 0 Å². The Morgan fingerprint density at radius 3 is 1.70 bits per heavy atom. The van der Waals surface area contributed by atoms with Crippen LogP contribution in [-0.4, -0.2) is 17.7 Å². The number of benzene rings is 4. The summed E-state index contributed by atoms with van der Waals surface area (Å²) in [4.78, 5) is 0. The molecule has 5 rings (SSSR count). The monoisotopic (exact) mass is 353 g/mol.